The molecule has 0 spiro atoms. The normalized spacial score (nSPS) is 14.4. The Kier molecular flexibility index (Phi) is 5.72. The fourth-order valence-corrected chi connectivity index (χ4v) is 3.66. The number of rotatable bonds is 7. The molecule has 1 aliphatic heterocycles. The monoisotopic (exact) mass is 403 g/mol. The maximum Gasteiger partial charge on any atom is 0.231 e. The molecule has 0 bridgehead atoms. The van der Waals surface area contributed by atoms with Gasteiger partial charge in [0.05, 0.1) is 6.54 Å². The molecule has 1 amide bonds. The Balaban J connectivity index is 1.45. The zero-order valence-corrected chi connectivity index (χ0v) is 16.9. The van der Waals surface area contributed by atoms with Gasteiger partial charge in [-0.25, -0.2) is 0 Å². The first-order chi connectivity index (χ1) is 14.5. The minimum atomic E-state index is -1.23. The van der Waals surface area contributed by atoms with Crippen molar-refractivity contribution in [3.8, 4) is 11.5 Å². The van der Waals surface area contributed by atoms with Crippen LogP contribution in [0.25, 0.3) is 0 Å². The van der Waals surface area contributed by atoms with Crippen LogP contribution in [-0.2, 0) is 10.4 Å². The molecule has 0 radical (unpaired) electrons. The summed E-state index contributed by atoms with van der Waals surface area (Å²) in [5, 5.41) is 13.8. The summed E-state index contributed by atoms with van der Waals surface area (Å²) < 4.78 is 10.7. The molecule has 0 fully saturated rings. The van der Waals surface area contributed by atoms with Crippen LogP contribution < -0.4 is 14.8 Å². The van der Waals surface area contributed by atoms with Crippen LogP contribution in [0, 0.1) is 0 Å². The Morgan fingerprint density at radius 1 is 0.967 bits per heavy atom. The Bertz CT molecular complexity index is 963. The lowest BCUT2D eigenvalue weighted by Crippen LogP contribution is -2.39. The number of carbonyl (C=O) groups is 1. The van der Waals surface area contributed by atoms with Gasteiger partial charge in [0, 0.05) is 12.3 Å². The van der Waals surface area contributed by atoms with Crippen LogP contribution in [0.1, 0.15) is 36.0 Å². The third kappa shape index (κ3) is 4.47. The van der Waals surface area contributed by atoms with Gasteiger partial charge in [0.2, 0.25) is 12.7 Å². The van der Waals surface area contributed by atoms with Gasteiger partial charge < -0.3 is 19.9 Å². The van der Waals surface area contributed by atoms with Crippen LogP contribution in [0.3, 0.4) is 0 Å². The molecule has 0 saturated carbocycles. The number of benzene rings is 3. The lowest BCUT2D eigenvalue weighted by Gasteiger charge is -2.25. The first kappa shape index (κ1) is 20.0. The van der Waals surface area contributed by atoms with E-state index in [9.17, 15) is 9.90 Å². The van der Waals surface area contributed by atoms with E-state index in [0.717, 1.165) is 11.1 Å². The van der Waals surface area contributed by atoms with Crippen molar-refractivity contribution in [1.29, 1.82) is 0 Å². The van der Waals surface area contributed by atoms with Crippen LogP contribution in [0.4, 0.5) is 0 Å². The largest absolute Gasteiger partial charge is 0.454 e. The number of ether oxygens (including phenoxy) is 2. The number of amides is 1. The Hall–Kier alpha value is -3.31. The summed E-state index contributed by atoms with van der Waals surface area (Å²) in [6.07, 6.45) is 0.297. The van der Waals surface area contributed by atoms with Gasteiger partial charge in [0.15, 0.2) is 11.5 Å². The standard InChI is InChI=1S/C25H25NO4/c1-25(28,20-12-13-22-23(14-20)30-17-29-22)16-26-24(27)15-21(18-8-4-2-5-9-18)19-10-6-3-7-11-19/h2-14,21,28H,15-17H2,1H3,(H,26,27)/t25-/m1/s1. The molecule has 3 aromatic carbocycles. The van der Waals surface area contributed by atoms with Crippen molar-refractivity contribution in [1.82, 2.24) is 5.32 Å². The zero-order valence-electron chi connectivity index (χ0n) is 16.9. The second-order valence-corrected chi connectivity index (χ2v) is 7.70. The van der Waals surface area contributed by atoms with Crippen molar-refractivity contribution >= 4 is 5.91 Å². The summed E-state index contributed by atoms with van der Waals surface area (Å²) in [7, 11) is 0. The molecule has 4 rings (SSSR count). The van der Waals surface area contributed by atoms with Crippen molar-refractivity contribution in [3.05, 3.63) is 95.6 Å². The van der Waals surface area contributed by atoms with Gasteiger partial charge in [-0.05, 0) is 35.7 Å². The summed E-state index contributed by atoms with van der Waals surface area (Å²) in [5.41, 5.74) is 1.60. The topological polar surface area (TPSA) is 67.8 Å². The zero-order chi connectivity index (χ0) is 21.0. The van der Waals surface area contributed by atoms with Gasteiger partial charge in [-0.2, -0.15) is 0 Å². The molecule has 1 atom stereocenters. The molecule has 5 heteroatoms. The van der Waals surface area contributed by atoms with Crippen LogP contribution in [0.15, 0.2) is 78.9 Å². The molecule has 2 N–H and O–H groups in total. The number of fused-ring (bicyclic) bond motifs is 1. The third-order valence-electron chi connectivity index (χ3n) is 5.42. The van der Waals surface area contributed by atoms with Gasteiger partial charge in [-0.15, -0.1) is 0 Å². The number of hydrogen-bond acceptors (Lipinski definition) is 4. The molecule has 0 saturated heterocycles. The summed E-state index contributed by atoms with van der Waals surface area (Å²) in [6, 6.07) is 25.3. The summed E-state index contributed by atoms with van der Waals surface area (Å²) >= 11 is 0. The van der Waals surface area contributed by atoms with E-state index in [0.29, 0.717) is 23.5 Å². The highest BCUT2D eigenvalue weighted by atomic mass is 16.7. The van der Waals surface area contributed by atoms with E-state index in [1.807, 2.05) is 60.7 Å². The van der Waals surface area contributed by atoms with Crippen LogP contribution in [-0.4, -0.2) is 24.4 Å². The molecular weight excluding hydrogens is 378 g/mol. The van der Waals surface area contributed by atoms with E-state index in [-0.39, 0.29) is 25.2 Å². The number of hydrogen-bond donors (Lipinski definition) is 2. The van der Waals surface area contributed by atoms with E-state index < -0.39 is 5.60 Å². The number of carbonyl (C=O) groups excluding carboxylic acids is 1. The van der Waals surface area contributed by atoms with E-state index in [1.165, 1.54) is 0 Å². The SMILES string of the molecule is C[C@@](O)(CNC(=O)CC(c1ccccc1)c1ccccc1)c1ccc2c(c1)OCO2. The van der Waals surface area contributed by atoms with E-state index in [1.54, 1.807) is 25.1 Å². The van der Waals surface area contributed by atoms with Crippen LogP contribution in [0.5, 0.6) is 11.5 Å². The third-order valence-corrected chi connectivity index (χ3v) is 5.42. The molecule has 1 aliphatic rings. The highest BCUT2D eigenvalue weighted by molar-refractivity contribution is 5.77. The highest BCUT2D eigenvalue weighted by Crippen LogP contribution is 2.35. The molecule has 0 aliphatic carbocycles. The van der Waals surface area contributed by atoms with E-state index >= 15 is 0 Å². The predicted molar refractivity (Wildman–Crippen MR) is 114 cm³/mol. The molecule has 154 valence electrons. The van der Waals surface area contributed by atoms with Gasteiger partial charge in [-0.3, -0.25) is 4.79 Å². The molecular formula is C25H25NO4. The van der Waals surface area contributed by atoms with Gasteiger partial charge in [0.25, 0.3) is 0 Å². The van der Waals surface area contributed by atoms with Crippen molar-refractivity contribution in [2.45, 2.75) is 24.9 Å². The molecule has 30 heavy (non-hydrogen) atoms. The van der Waals surface area contributed by atoms with E-state index in [4.69, 9.17) is 9.47 Å². The second kappa shape index (κ2) is 8.59. The first-order valence-corrected chi connectivity index (χ1v) is 10.0. The molecule has 0 unspecified atom stereocenters. The maximum absolute atomic E-state index is 12.8. The average molecular weight is 403 g/mol. The van der Waals surface area contributed by atoms with E-state index in [2.05, 4.69) is 5.32 Å². The quantitative estimate of drug-likeness (QED) is 0.627. The van der Waals surface area contributed by atoms with Crippen LogP contribution in [0.2, 0.25) is 0 Å². The Morgan fingerprint density at radius 3 is 2.20 bits per heavy atom. The first-order valence-electron chi connectivity index (χ1n) is 10.0. The van der Waals surface area contributed by atoms with Crippen LogP contribution >= 0.6 is 0 Å². The maximum atomic E-state index is 12.8. The van der Waals surface area contributed by atoms with Gasteiger partial charge >= 0.3 is 0 Å². The predicted octanol–water partition coefficient (Wildman–Crippen LogP) is 3.96. The molecule has 3 aromatic rings. The fraction of sp³-hybridized carbons (Fsp3) is 0.240. The number of nitrogens with one attached hydrogen (secondary N) is 1. The summed E-state index contributed by atoms with van der Waals surface area (Å²) in [4.78, 5) is 12.8. The van der Waals surface area contributed by atoms with Gasteiger partial charge in [-0.1, -0.05) is 66.7 Å². The lowest BCUT2D eigenvalue weighted by atomic mass is 9.88. The Morgan fingerprint density at radius 2 is 1.57 bits per heavy atom. The van der Waals surface area contributed by atoms with Crippen molar-refractivity contribution in [2.24, 2.45) is 0 Å². The van der Waals surface area contributed by atoms with Gasteiger partial charge in [0.1, 0.15) is 5.60 Å². The fourth-order valence-electron chi connectivity index (χ4n) is 3.66. The summed E-state index contributed by atoms with van der Waals surface area (Å²) in [6.45, 7) is 1.95. The molecule has 5 nitrogen and oxygen atoms in total. The second-order valence-electron chi connectivity index (χ2n) is 7.70. The molecule has 1 heterocycles. The van der Waals surface area contributed by atoms with Crippen molar-refractivity contribution in [2.75, 3.05) is 13.3 Å². The van der Waals surface area contributed by atoms with Crippen molar-refractivity contribution < 1.29 is 19.4 Å². The minimum Gasteiger partial charge on any atom is -0.454 e. The highest BCUT2D eigenvalue weighted by Gasteiger charge is 2.27. The smallest absolute Gasteiger partial charge is 0.231 e. The Labute approximate surface area is 176 Å². The summed E-state index contributed by atoms with van der Waals surface area (Å²) in [5.74, 6) is 1.09. The molecule has 0 aromatic heterocycles. The number of aliphatic hydroxyl groups is 1. The average Bonchev–Trinajstić information content (AvgIpc) is 3.25. The lowest BCUT2D eigenvalue weighted by molar-refractivity contribution is -0.122. The minimum absolute atomic E-state index is 0.0529. The van der Waals surface area contributed by atoms with Crippen molar-refractivity contribution in [3.63, 3.8) is 0 Å².